The van der Waals surface area contributed by atoms with Crippen LogP contribution in [-0.4, -0.2) is 33.1 Å². The lowest BCUT2D eigenvalue weighted by Crippen LogP contribution is -2.27. The molecule has 0 atom stereocenters. The van der Waals surface area contributed by atoms with Gasteiger partial charge in [-0.15, -0.1) is 0 Å². The van der Waals surface area contributed by atoms with Gasteiger partial charge in [-0.2, -0.15) is 0 Å². The van der Waals surface area contributed by atoms with Crippen LogP contribution in [0.5, 0.6) is 0 Å². The van der Waals surface area contributed by atoms with Crippen LogP contribution < -0.4 is 5.32 Å². The van der Waals surface area contributed by atoms with Gasteiger partial charge >= 0.3 is 5.97 Å². The summed E-state index contributed by atoms with van der Waals surface area (Å²) in [6, 6.07) is 4.79. The molecule has 0 unspecified atom stereocenters. The van der Waals surface area contributed by atoms with Crippen LogP contribution in [0, 0.1) is 0 Å². The van der Waals surface area contributed by atoms with Gasteiger partial charge in [-0.3, -0.25) is 4.79 Å². The van der Waals surface area contributed by atoms with Gasteiger partial charge in [0, 0.05) is 13.0 Å². The molecule has 0 saturated carbocycles. The molecule has 0 aliphatic carbocycles. The van der Waals surface area contributed by atoms with Crippen molar-refractivity contribution in [3.63, 3.8) is 0 Å². The first kappa shape index (κ1) is 15.0. The van der Waals surface area contributed by atoms with E-state index in [-0.39, 0.29) is 18.0 Å². The lowest BCUT2D eigenvalue weighted by molar-refractivity contribution is -0.121. The van der Waals surface area contributed by atoms with E-state index in [0.29, 0.717) is 17.6 Å². The summed E-state index contributed by atoms with van der Waals surface area (Å²) in [5.41, 5.74) is 1.60. The van der Waals surface area contributed by atoms with E-state index in [4.69, 9.17) is 5.11 Å². The van der Waals surface area contributed by atoms with Crippen LogP contribution in [0.4, 0.5) is 0 Å². The molecule has 1 amide bonds. The number of likely N-dealkylation sites (N-methyl/N-ethyl adjacent to an activating group) is 1. The van der Waals surface area contributed by atoms with Crippen LogP contribution in [0.1, 0.15) is 36.5 Å². The first-order valence-electron chi connectivity index (χ1n) is 7.06. The molecule has 0 radical (unpaired) electrons. The highest BCUT2D eigenvalue weighted by atomic mass is 16.4. The number of benzene rings is 1. The molecule has 0 spiro atoms. The van der Waals surface area contributed by atoms with Gasteiger partial charge < -0.3 is 15.0 Å². The van der Waals surface area contributed by atoms with Crippen molar-refractivity contribution < 1.29 is 14.7 Å². The number of amides is 1. The van der Waals surface area contributed by atoms with E-state index in [1.165, 1.54) is 6.07 Å². The smallest absolute Gasteiger partial charge is 0.335 e. The number of nitrogens with one attached hydrogen (secondary N) is 1. The summed E-state index contributed by atoms with van der Waals surface area (Å²) in [7, 11) is 0. The van der Waals surface area contributed by atoms with Crippen molar-refractivity contribution in [1.82, 2.24) is 14.9 Å². The van der Waals surface area contributed by atoms with Gasteiger partial charge in [0.1, 0.15) is 12.4 Å². The molecule has 2 aromatic rings. The van der Waals surface area contributed by atoms with Gasteiger partial charge in [-0.05, 0) is 31.5 Å². The summed E-state index contributed by atoms with van der Waals surface area (Å²) in [5, 5.41) is 11.9. The van der Waals surface area contributed by atoms with Gasteiger partial charge in [0.25, 0.3) is 0 Å². The number of fused-ring (bicyclic) bond motifs is 1. The Bertz CT molecular complexity index is 676. The molecule has 0 aliphatic rings. The summed E-state index contributed by atoms with van der Waals surface area (Å²) >= 11 is 0. The Labute approximate surface area is 122 Å². The van der Waals surface area contributed by atoms with Gasteiger partial charge in [0.05, 0.1) is 16.6 Å². The van der Waals surface area contributed by atoms with Crippen molar-refractivity contribution >= 4 is 22.9 Å². The second kappa shape index (κ2) is 6.39. The second-order valence-electron chi connectivity index (χ2n) is 4.83. The van der Waals surface area contributed by atoms with E-state index >= 15 is 0 Å². The average Bonchev–Trinajstić information content (AvgIpc) is 2.77. The minimum absolute atomic E-state index is 0.102. The van der Waals surface area contributed by atoms with Crippen LogP contribution >= 0.6 is 0 Å². The summed E-state index contributed by atoms with van der Waals surface area (Å²) in [4.78, 5) is 27.5. The third kappa shape index (κ3) is 3.21. The maximum atomic E-state index is 11.9. The largest absolute Gasteiger partial charge is 0.478 e. The number of carbonyl (C=O) groups excluding carboxylic acids is 1. The Balaban J connectivity index is 2.50. The van der Waals surface area contributed by atoms with Crippen molar-refractivity contribution in [2.75, 3.05) is 6.54 Å². The molecule has 0 bridgehead atoms. The van der Waals surface area contributed by atoms with Crippen molar-refractivity contribution in [3.05, 3.63) is 29.6 Å². The van der Waals surface area contributed by atoms with Crippen LogP contribution in [0.2, 0.25) is 0 Å². The molecule has 0 saturated heterocycles. The Morgan fingerprint density at radius 3 is 2.71 bits per heavy atom. The molecular weight excluding hydrogens is 270 g/mol. The monoisotopic (exact) mass is 289 g/mol. The van der Waals surface area contributed by atoms with Crippen LogP contribution in [0.15, 0.2) is 18.2 Å². The minimum Gasteiger partial charge on any atom is -0.478 e. The molecule has 6 heteroatoms. The third-order valence-electron chi connectivity index (χ3n) is 3.22. The molecule has 2 N–H and O–H groups in total. The first-order chi connectivity index (χ1) is 10.1. The first-order valence-corrected chi connectivity index (χ1v) is 7.06. The quantitative estimate of drug-likeness (QED) is 0.849. The number of carboxylic acids is 1. The molecule has 1 heterocycles. The van der Waals surface area contributed by atoms with Crippen molar-refractivity contribution in [2.45, 2.75) is 33.2 Å². The van der Waals surface area contributed by atoms with Gasteiger partial charge in [-0.1, -0.05) is 6.92 Å². The topological polar surface area (TPSA) is 84.2 Å². The Hall–Kier alpha value is -2.37. The standard InChI is InChI=1S/C15H19N3O3/c1-3-5-13-17-11-7-6-10(15(20)21)8-12(11)18(13)9-14(19)16-4-2/h6-8H,3-5,9H2,1-2H3,(H,16,19)(H,20,21). The third-order valence-corrected chi connectivity index (χ3v) is 3.22. The molecule has 2 rings (SSSR count). The van der Waals surface area contributed by atoms with Gasteiger partial charge in [0.2, 0.25) is 5.91 Å². The molecule has 6 nitrogen and oxygen atoms in total. The van der Waals surface area contributed by atoms with E-state index in [1.807, 2.05) is 13.8 Å². The summed E-state index contributed by atoms with van der Waals surface area (Å²) < 4.78 is 1.80. The molecule has 0 fully saturated rings. The molecule has 112 valence electrons. The van der Waals surface area contributed by atoms with Crippen molar-refractivity contribution in [1.29, 1.82) is 0 Å². The lowest BCUT2D eigenvalue weighted by atomic mass is 10.2. The van der Waals surface area contributed by atoms with E-state index in [9.17, 15) is 9.59 Å². The maximum absolute atomic E-state index is 11.9. The summed E-state index contributed by atoms with van der Waals surface area (Å²) in [5.74, 6) is -0.282. The lowest BCUT2D eigenvalue weighted by Gasteiger charge is -2.08. The highest BCUT2D eigenvalue weighted by molar-refractivity contribution is 5.93. The normalized spacial score (nSPS) is 10.8. The fraction of sp³-hybridized carbons (Fsp3) is 0.400. The maximum Gasteiger partial charge on any atom is 0.335 e. The number of carbonyl (C=O) groups is 2. The SMILES string of the molecule is CCCc1nc2ccc(C(=O)O)cc2n1CC(=O)NCC. The van der Waals surface area contributed by atoms with Gasteiger partial charge in [-0.25, -0.2) is 9.78 Å². The number of hydrogen-bond acceptors (Lipinski definition) is 3. The predicted molar refractivity (Wildman–Crippen MR) is 79.4 cm³/mol. The Morgan fingerprint density at radius 1 is 1.33 bits per heavy atom. The number of aryl methyl sites for hydroxylation is 1. The number of aromatic carboxylic acids is 1. The zero-order chi connectivity index (χ0) is 15.4. The van der Waals surface area contributed by atoms with Crippen LogP contribution in [-0.2, 0) is 17.8 Å². The summed E-state index contributed by atoms with van der Waals surface area (Å²) in [6.07, 6.45) is 1.65. The minimum atomic E-state index is -0.986. The van der Waals surface area contributed by atoms with E-state index in [0.717, 1.165) is 18.7 Å². The van der Waals surface area contributed by atoms with Crippen LogP contribution in [0.25, 0.3) is 11.0 Å². The molecule has 0 aliphatic heterocycles. The molecule has 21 heavy (non-hydrogen) atoms. The number of aromatic nitrogens is 2. The number of rotatable bonds is 6. The molecule has 1 aromatic heterocycles. The van der Waals surface area contributed by atoms with Gasteiger partial charge in [0.15, 0.2) is 0 Å². The fourth-order valence-electron chi connectivity index (χ4n) is 2.29. The van der Waals surface area contributed by atoms with Crippen molar-refractivity contribution in [3.8, 4) is 0 Å². The summed E-state index contributed by atoms with van der Waals surface area (Å²) in [6.45, 7) is 4.62. The van der Waals surface area contributed by atoms with E-state index in [2.05, 4.69) is 10.3 Å². The Kier molecular flexibility index (Phi) is 4.57. The highest BCUT2D eigenvalue weighted by Gasteiger charge is 2.14. The van der Waals surface area contributed by atoms with E-state index in [1.54, 1.807) is 16.7 Å². The zero-order valence-electron chi connectivity index (χ0n) is 12.2. The average molecular weight is 289 g/mol. The predicted octanol–water partition coefficient (Wildman–Crippen LogP) is 1.82. The van der Waals surface area contributed by atoms with E-state index < -0.39 is 5.97 Å². The number of imidazole rings is 1. The zero-order valence-corrected chi connectivity index (χ0v) is 12.2. The number of nitrogens with zero attached hydrogens (tertiary/aromatic N) is 2. The van der Waals surface area contributed by atoms with Crippen molar-refractivity contribution in [2.24, 2.45) is 0 Å². The number of carboxylic acid groups (broad SMARTS) is 1. The number of hydrogen-bond donors (Lipinski definition) is 2. The van der Waals surface area contributed by atoms with Crippen LogP contribution in [0.3, 0.4) is 0 Å². The Morgan fingerprint density at radius 2 is 2.10 bits per heavy atom. The molecule has 1 aromatic carbocycles. The second-order valence-corrected chi connectivity index (χ2v) is 4.83. The molecular formula is C15H19N3O3. The highest BCUT2D eigenvalue weighted by Crippen LogP contribution is 2.19. The fourth-order valence-corrected chi connectivity index (χ4v) is 2.29.